The van der Waals surface area contributed by atoms with Crippen LogP contribution in [0.3, 0.4) is 0 Å². The number of nitrogens with zero attached hydrogens (tertiary/aromatic N) is 4. The predicted octanol–water partition coefficient (Wildman–Crippen LogP) is 4.23. The van der Waals surface area contributed by atoms with Crippen molar-refractivity contribution in [3.8, 4) is 11.5 Å². The van der Waals surface area contributed by atoms with Crippen molar-refractivity contribution < 1.29 is 9.84 Å². The smallest absolute Gasteiger partial charge is 0.259 e. The monoisotopic (exact) mass is 496 g/mol. The van der Waals surface area contributed by atoms with Crippen LogP contribution in [0.5, 0.6) is 11.5 Å². The third kappa shape index (κ3) is 5.22. The first-order chi connectivity index (χ1) is 18.0. The fourth-order valence-corrected chi connectivity index (χ4v) is 5.11. The Morgan fingerprint density at radius 3 is 2.35 bits per heavy atom. The van der Waals surface area contributed by atoms with Gasteiger partial charge < -0.3 is 19.3 Å². The van der Waals surface area contributed by atoms with Gasteiger partial charge in [0.1, 0.15) is 11.5 Å². The average Bonchev–Trinajstić information content (AvgIpc) is 2.95. The highest BCUT2D eigenvalue weighted by Crippen LogP contribution is 2.33. The number of aryl methyl sites for hydroxylation is 1. The fourth-order valence-electron chi connectivity index (χ4n) is 5.11. The van der Waals surface area contributed by atoms with Gasteiger partial charge in [-0.3, -0.25) is 14.7 Å². The van der Waals surface area contributed by atoms with Crippen LogP contribution in [0.15, 0.2) is 90.0 Å². The molecule has 4 aromatic rings. The molecule has 1 aliphatic heterocycles. The third-order valence-corrected chi connectivity index (χ3v) is 7.10. The van der Waals surface area contributed by atoms with E-state index >= 15 is 0 Å². The number of piperazine rings is 1. The molecule has 0 spiro atoms. The van der Waals surface area contributed by atoms with Gasteiger partial charge >= 0.3 is 0 Å². The third-order valence-electron chi connectivity index (χ3n) is 7.10. The summed E-state index contributed by atoms with van der Waals surface area (Å²) in [5, 5.41) is 11.1. The highest BCUT2D eigenvalue weighted by Gasteiger charge is 2.31. The number of aromatic hydroxyl groups is 1. The summed E-state index contributed by atoms with van der Waals surface area (Å²) in [7, 11) is 1.63. The number of anilines is 1. The fraction of sp³-hybridized carbons (Fsp3) is 0.267. The van der Waals surface area contributed by atoms with Gasteiger partial charge in [0.25, 0.3) is 5.56 Å². The Kier molecular flexibility index (Phi) is 7.23. The molecule has 7 nitrogen and oxygen atoms in total. The van der Waals surface area contributed by atoms with E-state index in [9.17, 15) is 9.90 Å². The molecule has 2 aromatic carbocycles. The molecule has 190 valence electrons. The SMILES string of the molecule is COc1ccc(Cn2c(C)cc(O)c(C(c3cccnc3)N3CCN(c4ccccc4)CC3)c2=O)cc1. The lowest BCUT2D eigenvalue weighted by Gasteiger charge is -2.40. The molecule has 2 aromatic heterocycles. The first-order valence-corrected chi connectivity index (χ1v) is 12.6. The van der Waals surface area contributed by atoms with E-state index in [0.717, 1.165) is 43.1 Å². The maximum absolute atomic E-state index is 14.0. The molecule has 5 rings (SSSR count). The summed E-state index contributed by atoms with van der Waals surface area (Å²) in [5.74, 6) is 0.790. The van der Waals surface area contributed by atoms with E-state index in [2.05, 4.69) is 39.0 Å². The van der Waals surface area contributed by atoms with E-state index in [1.165, 1.54) is 5.69 Å². The molecule has 1 atom stereocenters. The molecule has 0 amide bonds. The Bertz CT molecular complexity index is 1380. The zero-order valence-corrected chi connectivity index (χ0v) is 21.2. The minimum Gasteiger partial charge on any atom is -0.507 e. The van der Waals surface area contributed by atoms with Crippen molar-refractivity contribution in [3.05, 3.63) is 118 Å². The Morgan fingerprint density at radius 1 is 0.973 bits per heavy atom. The van der Waals surface area contributed by atoms with E-state index < -0.39 is 6.04 Å². The number of methoxy groups -OCH3 is 1. The van der Waals surface area contributed by atoms with E-state index in [1.54, 1.807) is 30.1 Å². The maximum atomic E-state index is 14.0. The first kappa shape index (κ1) is 24.6. The number of benzene rings is 2. The second-order valence-electron chi connectivity index (χ2n) is 9.37. The topological polar surface area (TPSA) is 70.8 Å². The first-order valence-electron chi connectivity index (χ1n) is 12.6. The number of hydrogen-bond donors (Lipinski definition) is 1. The van der Waals surface area contributed by atoms with Crippen LogP contribution >= 0.6 is 0 Å². The van der Waals surface area contributed by atoms with Gasteiger partial charge in [-0.15, -0.1) is 0 Å². The van der Waals surface area contributed by atoms with Gasteiger partial charge in [0, 0.05) is 50.0 Å². The molecule has 1 aliphatic rings. The van der Waals surface area contributed by atoms with Crippen LogP contribution in [-0.4, -0.2) is 52.8 Å². The lowest BCUT2D eigenvalue weighted by Crippen LogP contribution is -2.49. The van der Waals surface area contributed by atoms with Gasteiger partial charge in [0.2, 0.25) is 0 Å². The summed E-state index contributed by atoms with van der Waals surface area (Å²) in [6, 6.07) is 23.2. The number of rotatable bonds is 7. The van der Waals surface area contributed by atoms with Crippen molar-refractivity contribution in [2.75, 3.05) is 38.2 Å². The van der Waals surface area contributed by atoms with Crippen molar-refractivity contribution in [2.24, 2.45) is 0 Å². The Labute approximate surface area is 217 Å². The van der Waals surface area contributed by atoms with Crippen LogP contribution in [0.25, 0.3) is 0 Å². The molecule has 0 saturated carbocycles. The largest absolute Gasteiger partial charge is 0.507 e. The van der Waals surface area contributed by atoms with Crippen LogP contribution in [0, 0.1) is 6.92 Å². The number of para-hydroxylation sites is 1. The van der Waals surface area contributed by atoms with Crippen LogP contribution in [0.2, 0.25) is 0 Å². The minimum atomic E-state index is -0.401. The van der Waals surface area contributed by atoms with E-state index in [-0.39, 0.29) is 11.3 Å². The highest BCUT2D eigenvalue weighted by molar-refractivity contribution is 5.47. The van der Waals surface area contributed by atoms with E-state index in [0.29, 0.717) is 17.8 Å². The standard InChI is InChI=1S/C30H32N4O3/c1-22-19-27(35)28(30(36)34(22)21-23-10-12-26(37-2)13-11-23)29(24-7-6-14-31-20-24)33-17-15-32(16-18-33)25-8-4-3-5-9-25/h3-14,19-20,29,35H,15-18,21H2,1-2H3. The van der Waals surface area contributed by atoms with Gasteiger partial charge in [-0.1, -0.05) is 36.4 Å². The van der Waals surface area contributed by atoms with E-state index in [4.69, 9.17) is 4.74 Å². The van der Waals surface area contributed by atoms with Crippen LogP contribution in [-0.2, 0) is 6.54 Å². The lowest BCUT2D eigenvalue weighted by atomic mass is 9.97. The average molecular weight is 497 g/mol. The molecule has 0 aliphatic carbocycles. The summed E-state index contributed by atoms with van der Waals surface area (Å²) in [4.78, 5) is 23.0. The predicted molar refractivity (Wildman–Crippen MR) is 146 cm³/mol. The normalized spacial score (nSPS) is 14.9. The summed E-state index contributed by atoms with van der Waals surface area (Å²) >= 11 is 0. The van der Waals surface area contributed by atoms with Crippen molar-refractivity contribution >= 4 is 5.69 Å². The molecule has 1 N–H and O–H groups in total. The second kappa shape index (κ2) is 10.9. The molecule has 1 fully saturated rings. The van der Waals surface area contributed by atoms with Gasteiger partial charge in [-0.05, 0) is 54.4 Å². The Balaban J connectivity index is 1.50. The minimum absolute atomic E-state index is 0.0211. The molecule has 37 heavy (non-hydrogen) atoms. The molecule has 0 bridgehead atoms. The van der Waals surface area contributed by atoms with Crippen LogP contribution in [0.4, 0.5) is 5.69 Å². The van der Waals surface area contributed by atoms with Gasteiger partial charge in [-0.2, -0.15) is 0 Å². The van der Waals surface area contributed by atoms with Crippen molar-refractivity contribution in [2.45, 2.75) is 19.5 Å². The van der Waals surface area contributed by atoms with Gasteiger partial charge in [0.05, 0.1) is 25.3 Å². The van der Waals surface area contributed by atoms with Gasteiger partial charge in [0.15, 0.2) is 0 Å². The van der Waals surface area contributed by atoms with Crippen LogP contribution in [0.1, 0.15) is 28.4 Å². The highest BCUT2D eigenvalue weighted by atomic mass is 16.5. The van der Waals surface area contributed by atoms with Crippen molar-refractivity contribution in [1.82, 2.24) is 14.5 Å². The summed E-state index contributed by atoms with van der Waals surface area (Å²) in [6.45, 7) is 5.41. The number of ether oxygens (including phenoxy) is 1. The second-order valence-corrected chi connectivity index (χ2v) is 9.37. The maximum Gasteiger partial charge on any atom is 0.259 e. The molecule has 3 heterocycles. The van der Waals surface area contributed by atoms with Gasteiger partial charge in [-0.25, -0.2) is 0 Å². The van der Waals surface area contributed by atoms with Crippen LogP contribution < -0.4 is 15.2 Å². The zero-order valence-electron chi connectivity index (χ0n) is 21.2. The molecule has 1 saturated heterocycles. The Morgan fingerprint density at radius 2 is 1.70 bits per heavy atom. The number of aromatic nitrogens is 2. The summed E-state index contributed by atoms with van der Waals surface area (Å²) in [6.07, 6.45) is 3.52. The number of hydrogen-bond acceptors (Lipinski definition) is 6. The molecule has 0 radical (unpaired) electrons. The Hall–Kier alpha value is -4.10. The lowest BCUT2D eigenvalue weighted by molar-refractivity contribution is 0.207. The molecular weight excluding hydrogens is 464 g/mol. The quantitative estimate of drug-likeness (QED) is 0.413. The van der Waals surface area contributed by atoms with Crippen molar-refractivity contribution in [3.63, 3.8) is 0 Å². The summed E-state index contributed by atoms with van der Waals surface area (Å²) in [5.41, 5.74) is 3.98. The molecule has 1 unspecified atom stereocenters. The summed E-state index contributed by atoms with van der Waals surface area (Å²) < 4.78 is 7.01. The van der Waals surface area contributed by atoms with E-state index in [1.807, 2.05) is 49.4 Å². The molecular formula is C30H32N4O3. The van der Waals surface area contributed by atoms with Crippen molar-refractivity contribution in [1.29, 1.82) is 0 Å². The molecule has 7 heteroatoms. The zero-order chi connectivity index (χ0) is 25.8. The number of pyridine rings is 2.